The number of aryl methyl sites for hydroxylation is 2. The number of amides is 1. The molecule has 0 saturated heterocycles. The molecule has 1 fully saturated rings. The minimum absolute atomic E-state index is 0.00745. The Labute approximate surface area is 110 Å². The van der Waals surface area contributed by atoms with Gasteiger partial charge in [0, 0.05) is 24.1 Å². The van der Waals surface area contributed by atoms with Gasteiger partial charge in [-0.15, -0.1) is 0 Å². The molecule has 0 aromatic carbocycles. The lowest BCUT2D eigenvalue weighted by atomic mass is 9.95. The van der Waals surface area contributed by atoms with Crippen LogP contribution in [0.1, 0.15) is 41.7 Å². The van der Waals surface area contributed by atoms with Crippen LogP contribution in [-0.2, 0) is 7.05 Å². The monoisotopic (exact) mass is 299 g/mol. The molecule has 0 bridgehead atoms. The van der Waals surface area contributed by atoms with Gasteiger partial charge in [-0.25, -0.2) is 0 Å². The quantitative estimate of drug-likeness (QED) is 0.851. The Morgan fingerprint density at radius 2 is 2.24 bits per heavy atom. The Morgan fingerprint density at radius 3 is 2.82 bits per heavy atom. The van der Waals surface area contributed by atoms with E-state index in [1.807, 2.05) is 14.0 Å². The molecule has 1 aromatic rings. The van der Waals surface area contributed by atoms with Crippen molar-refractivity contribution >= 4 is 21.8 Å². The van der Waals surface area contributed by atoms with Crippen LogP contribution in [0.25, 0.3) is 0 Å². The van der Waals surface area contributed by atoms with Crippen LogP contribution >= 0.6 is 15.9 Å². The van der Waals surface area contributed by atoms with Crippen LogP contribution in [0.5, 0.6) is 0 Å². The van der Waals surface area contributed by atoms with Gasteiger partial charge in [0.05, 0.1) is 11.3 Å². The zero-order chi connectivity index (χ0) is 12.4. The summed E-state index contributed by atoms with van der Waals surface area (Å²) in [5.41, 5.74) is 1.46. The van der Waals surface area contributed by atoms with Crippen LogP contribution in [0.3, 0.4) is 0 Å². The van der Waals surface area contributed by atoms with Crippen LogP contribution in [0.2, 0.25) is 0 Å². The first-order valence-corrected chi connectivity index (χ1v) is 6.94. The fraction of sp³-hybridized carbons (Fsp3) is 0.667. The Morgan fingerprint density at radius 1 is 1.53 bits per heavy atom. The molecule has 2 atom stereocenters. The molecule has 0 radical (unpaired) electrons. The molecule has 1 aliphatic carbocycles. The lowest BCUT2D eigenvalue weighted by molar-refractivity contribution is 0.0929. The molecule has 0 aliphatic heterocycles. The molecule has 1 saturated carbocycles. The second-order valence-corrected chi connectivity index (χ2v) is 5.86. The van der Waals surface area contributed by atoms with Gasteiger partial charge in [0.2, 0.25) is 0 Å². The molecule has 17 heavy (non-hydrogen) atoms. The number of nitrogens with one attached hydrogen (secondary N) is 1. The minimum Gasteiger partial charge on any atom is -0.348 e. The maximum absolute atomic E-state index is 12.1. The first-order chi connectivity index (χ1) is 8.08. The van der Waals surface area contributed by atoms with E-state index in [9.17, 15) is 4.79 Å². The highest BCUT2D eigenvalue weighted by atomic mass is 79.9. The fourth-order valence-corrected chi connectivity index (χ4v) is 3.04. The number of hydrogen-bond donors (Lipinski definition) is 1. The third-order valence-corrected chi connectivity index (χ3v) is 4.35. The van der Waals surface area contributed by atoms with Gasteiger partial charge in [-0.05, 0) is 19.8 Å². The highest BCUT2D eigenvalue weighted by Gasteiger charge is 2.25. The summed E-state index contributed by atoms with van der Waals surface area (Å²) >= 11 is 3.64. The summed E-state index contributed by atoms with van der Waals surface area (Å²) in [5.74, 6) is -0.00745. The number of carbonyl (C=O) groups excluding carboxylic acids is 1. The predicted molar refractivity (Wildman–Crippen MR) is 70.4 cm³/mol. The first-order valence-electron chi connectivity index (χ1n) is 6.03. The van der Waals surface area contributed by atoms with Crippen LogP contribution in [0, 0.1) is 6.92 Å². The zero-order valence-electron chi connectivity index (χ0n) is 10.2. The van der Waals surface area contributed by atoms with Gasteiger partial charge in [-0.1, -0.05) is 28.8 Å². The molecule has 2 unspecified atom stereocenters. The average molecular weight is 300 g/mol. The SMILES string of the molecule is Cc1nn(C)cc1C(=O)NC1CCCCC1Br. The fourth-order valence-electron chi connectivity index (χ4n) is 2.32. The Bertz CT molecular complexity index is 416. The summed E-state index contributed by atoms with van der Waals surface area (Å²) in [6.45, 7) is 1.86. The summed E-state index contributed by atoms with van der Waals surface area (Å²) in [6.07, 6.45) is 6.40. The Balaban J connectivity index is 2.03. The van der Waals surface area contributed by atoms with E-state index in [0.29, 0.717) is 10.4 Å². The zero-order valence-corrected chi connectivity index (χ0v) is 11.8. The summed E-state index contributed by atoms with van der Waals surface area (Å²) in [5, 5.41) is 7.29. The number of hydrogen-bond acceptors (Lipinski definition) is 2. The largest absolute Gasteiger partial charge is 0.348 e. The van der Waals surface area contributed by atoms with Crippen molar-refractivity contribution in [2.24, 2.45) is 7.05 Å². The summed E-state index contributed by atoms with van der Waals surface area (Å²) in [6, 6.07) is 0.246. The molecule has 5 heteroatoms. The molecule has 1 heterocycles. The van der Waals surface area contributed by atoms with Crippen molar-refractivity contribution in [3.05, 3.63) is 17.5 Å². The molecule has 1 N–H and O–H groups in total. The number of carbonyl (C=O) groups is 1. The molecule has 1 aromatic heterocycles. The molecular formula is C12H18BrN3O. The van der Waals surface area contributed by atoms with Gasteiger partial charge in [0.25, 0.3) is 5.91 Å². The van der Waals surface area contributed by atoms with E-state index in [0.717, 1.165) is 18.5 Å². The average Bonchev–Trinajstić information content (AvgIpc) is 2.61. The van der Waals surface area contributed by atoms with Crippen molar-refractivity contribution in [3.63, 3.8) is 0 Å². The standard InChI is InChI=1S/C12H18BrN3O/c1-8-9(7-16(2)15-8)12(17)14-11-6-4-3-5-10(11)13/h7,10-11H,3-6H2,1-2H3,(H,14,17). The van der Waals surface area contributed by atoms with Crippen molar-refractivity contribution in [2.75, 3.05) is 0 Å². The van der Waals surface area contributed by atoms with E-state index >= 15 is 0 Å². The summed E-state index contributed by atoms with van der Waals surface area (Å²) in [7, 11) is 1.83. The normalized spacial score (nSPS) is 24.6. The highest BCUT2D eigenvalue weighted by Crippen LogP contribution is 2.24. The van der Waals surface area contributed by atoms with Gasteiger partial charge in [0.15, 0.2) is 0 Å². The number of halogens is 1. The van der Waals surface area contributed by atoms with E-state index in [2.05, 4.69) is 26.3 Å². The Kier molecular flexibility index (Phi) is 3.86. The minimum atomic E-state index is -0.00745. The molecule has 0 spiro atoms. The molecule has 2 rings (SSSR count). The van der Waals surface area contributed by atoms with Gasteiger partial charge in [-0.2, -0.15) is 5.10 Å². The van der Waals surface area contributed by atoms with Gasteiger partial charge in [-0.3, -0.25) is 9.48 Å². The van der Waals surface area contributed by atoms with Crippen LogP contribution in [0.15, 0.2) is 6.20 Å². The Hall–Kier alpha value is -0.840. The van der Waals surface area contributed by atoms with Crippen LogP contribution < -0.4 is 5.32 Å². The van der Waals surface area contributed by atoms with Gasteiger partial charge < -0.3 is 5.32 Å². The van der Waals surface area contributed by atoms with Crippen molar-refractivity contribution in [1.29, 1.82) is 0 Å². The topological polar surface area (TPSA) is 46.9 Å². The predicted octanol–water partition coefficient (Wildman–Crippen LogP) is 2.16. The molecule has 1 aliphatic rings. The maximum Gasteiger partial charge on any atom is 0.254 e. The second kappa shape index (κ2) is 5.21. The van der Waals surface area contributed by atoms with E-state index in [1.54, 1.807) is 10.9 Å². The molecule has 4 nitrogen and oxygen atoms in total. The molecule has 94 valence electrons. The van der Waals surface area contributed by atoms with E-state index in [-0.39, 0.29) is 11.9 Å². The van der Waals surface area contributed by atoms with Crippen molar-refractivity contribution < 1.29 is 4.79 Å². The van der Waals surface area contributed by atoms with Gasteiger partial charge in [0.1, 0.15) is 0 Å². The molecular weight excluding hydrogens is 282 g/mol. The number of nitrogens with zero attached hydrogens (tertiary/aromatic N) is 2. The lowest BCUT2D eigenvalue weighted by Crippen LogP contribution is -2.42. The maximum atomic E-state index is 12.1. The third kappa shape index (κ3) is 2.89. The van der Waals surface area contributed by atoms with E-state index in [4.69, 9.17) is 0 Å². The van der Waals surface area contributed by atoms with Crippen LogP contribution in [-0.4, -0.2) is 26.6 Å². The smallest absolute Gasteiger partial charge is 0.254 e. The molecule has 1 amide bonds. The van der Waals surface area contributed by atoms with Crippen molar-refractivity contribution in [2.45, 2.75) is 43.5 Å². The number of alkyl halides is 1. The summed E-state index contributed by atoms with van der Waals surface area (Å²) < 4.78 is 1.68. The summed E-state index contributed by atoms with van der Waals surface area (Å²) in [4.78, 5) is 12.5. The van der Waals surface area contributed by atoms with E-state index < -0.39 is 0 Å². The van der Waals surface area contributed by atoms with E-state index in [1.165, 1.54) is 12.8 Å². The first kappa shape index (κ1) is 12.6. The lowest BCUT2D eigenvalue weighted by Gasteiger charge is -2.28. The number of rotatable bonds is 2. The van der Waals surface area contributed by atoms with Crippen LogP contribution in [0.4, 0.5) is 0 Å². The van der Waals surface area contributed by atoms with Crippen molar-refractivity contribution in [1.82, 2.24) is 15.1 Å². The van der Waals surface area contributed by atoms with Crippen molar-refractivity contribution in [3.8, 4) is 0 Å². The van der Waals surface area contributed by atoms with Gasteiger partial charge >= 0.3 is 0 Å². The highest BCUT2D eigenvalue weighted by molar-refractivity contribution is 9.09. The third-order valence-electron chi connectivity index (χ3n) is 3.26. The number of aromatic nitrogens is 2. The second-order valence-electron chi connectivity index (χ2n) is 4.68.